The molecule has 0 saturated heterocycles. The topological polar surface area (TPSA) is 89.2 Å². The number of nitrogen functional groups attached to an aromatic ring is 1. The zero-order valence-corrected chi connectivity index (χ0v) is 12.5. The first-order valence-corrected chi connectivity index (χ1v) is 8.08. The van der Waals surface area contributed by atoms with Crippen LogP contribution in [0.1, 0.15) is 16.8 Å². The van der Waals surface area contributed by atoms with Crippen molar-refractivity contribution in [1.82, 2.24) is 14.3 Å². The molecule has 6 nitrogen and oxygen atoms in total. The van der Waals surface area contributed by atoms with Crippen molar-refractivity contribution in [3.63, 3.8) is 0 Å². The van der Waals surface area contributed by atoms with Gasteiger partial charge in [-0.25, -0.2) is 18.4 Å². The van der Waals surface area contributed by atoms with Crippen LogP contribution >= 0.6 is 0 Å². The van der Waals surface area contributed by atoms with Crippen LogP contribution in [0.5, 0.6) is 0 Å². The fraction of sp³-hybridized carbons (Fsp3) is 0.286. The molecule has 1 aromatic carbocycles. The molecule has 1 aromatic heterocycles. The molecule has 2 aromatic rings. The molecule has 0 aliphatic carbocycles. The van der Waals surface area contributed by atoms with Gasteiger partial charge in [-0.05, 0) is 25.0 Å². The quantitative estimate of drug-likeness (QED) is 0.898. The monoisotopic (exact) mass is 304 g/mol. The maximum Gasteiger partial charge on any atom is 0.243 e. The Hall–Kier alpha value is -1.99. The highest BCUT2D eigenvalue weighted by atomic mass is 32.2. The first-order valence-electron chi connectivity index (χ1n) is 6.64. The number of hydrogen-bond acceptors (Lipinski definition) is 5. The molecule has 2 N–H and O–H groups in total. The summed E-state index contributed by atoms with van der Waals surface area (Å²) in [7, 11) is -3.52. The van der Waals surface area contributed by atoms with E-state index in [1.807, 2.05) is 6.07 Å². The summed E-state index contributed by atoms with van der Waals surface area (Å²) < 4.78 is 27.0. The zero-order chi connectivity index (χ0) is 15.0. The third-order valence-corrected chi connectivity index (χ3v) is 5.72. The highest BCUT2D eigenvalue weighted by Crippen LogP contribution is 2.26. The van der Waals surface area contributed by atoms with Crippen molar-refractivity contribution in [2.75, 3.05) is 12.3 Å². The Labute approximate surface area is 123 Å². The molecular formula is C14H16N4O2S. The number of anilines is 1. The molecule has 0 unspecified atom stereocenters. The van der Waals surface area contributed by atoms with Gasteiger partial charge in [0.1, 0.15) is 12.1 Å². The standard InChI is InChI=1S/C14H16N4O2S/c1-10-4-2-3-5-13(10)21(19,20)18-7-6-11-12(8-18)16-9-17-14(11)15/h2-5,9H,6-8H2,1H3,(H2,15,16,17). The Morgan fingerprint density at radius 2 is 2.00 bits per heavy atom. The molecule has 1 aliphatic heterocycles. The zero-order valence-electron chi connectivity index (χ0n) is 11.7. The third kappa shape index (κ3) is 2.38. The van der Waals surface area contributed by atoms with Gasteiger partial charge in [0, 0.05) is 12.1 Å². The van der Waals surface area contributed by atoms with E-state index in [1.165, 1.54) is 10.6 Å². The predicted molar refractivity (Wildman–Crippen MR) is 78.9 cm³/mol. The molecule has 21 heavy (non-hydrogen) atoms. The lowest BCUT2D eigenvalue weighted by Gasteiger charge is -2.28. The minimum absolute atomic E-state index is 0.235. The van der Waals surface area contributed by atoms with E-state index in [2.05, 4.69) is 9.97 Å². The number of rotatable bonds is 2. The van der Waals surface area contributed by atoms with Crippen LogP contribution in [-0.4, -0.2) is 29.2 Å². The van der Waals surface area contributed by atoms with Crippen molar-refractivity contribution in [2.24, 2.45) is 0 Å². The Bertz CT molecular complexity index is 789. The molecule has 0 saturated carbocycles. The number of aromatic nitrogens is 2. The van der Waals surface area contributed by atoms with E-state index in [4.69, 9.17) is 5.73 Å². The summed E-state index contributed by atoms with van der Waals surface area (Å²) in [5, 5.41) is 0. The summed E-state index contributed by atoms with van der Waals surface area (Å²) in [6.45, 7) is 2.42. The lowest BCUT2D eigenvalue weighted by atomic mass is 10.1. The van der Waals surface area contributed by atoms with Crippen LogP contribution in [0.4, 0.5) is 5.82 Å². The molecule has 0 radical (unpaired) electrons. The number of sulfonamides is 1. The summed E-state index contributed by atoms with van der Waals surface area (Å²) in [6.07, 6.45) is 1.91. The molecule has 7 heteroatoms. The van der Waals surface area contributed by atoms with Gasteiger partial charge in [-0.15, -0.1) is 0 Å². The van der Waals surface area contributed by atoms with Crippen LogP contribution in [0.15, 0.2) is 35.5 Å². The highest BCUT2D eigenvalue weighted by molar-refractivity contribution is 7.89. The average molecular weight is 304 g/mol. The predicted octanol–water partition coefficient (Wildman–Crippen LogP) is 1.11. The van der Waals surface area contributed by atoms with E-state index in [0.717, 1.165) is 11.1 Å². The van der Waals surface area contributed by atoms with Crippen LogP contribution in [-0.2, 0) is 23.0 Å². The van der Waals surface area contributed by atoms with Crippen molar-refractivity contribution < 1.29 is 8.42 Å². The van der Waals surface area contributed by atoms with Gasteiger partial charge in [-0.3, -0.25) is 0 Å². The van der Waals surface area contributed by atoms with E-state index in [0.29, 0.717) is 29.4 Å². The van der Waals surface area contributed by atoms with Crippen molar-refractivity contribution >= 4 is 15.8 Å². The van der Waals surface area contributed by atoms with E-state index in [9.17, 15) is 8.42 Å². The smallest absolute Gasteiger partial charge is 0.243 e. The van der Waals surface area contributed by atoms with Gasteiger partial charge in [-0.2, -0.15) is 4.31 Å². The number of benzene rings is 1. The fourth-order valence-corrected chi connectivity index (χ4v) is 4.17. The normalized spacial score (nSPS) is 15.7. The van der Waals surface area contributed by atoms with Crippen LogP contribution in [0.25, 0.3) is 0 Å². The van der Waals surface area contributed by atoms with E-state index >= 15 is 0 Å². The van der Waals surface area contributed by atoms with Gasteiger partial charge < -0.3 is 5.73 Å². The molecule has 2 heterocycles. The molecule has 3 rings (SSSR count). The van der Waals surface area contributed by atoms with Gasteiger partial charge in [0.05, 0.1) is 17.1 Å². The van der Waals surface area contributed by atoms with Crippen molar-refractivity contribution in [3.05, 3.63) is 47.4 Å². The lowest BCUT2D eigenvalue weighted by Crippen LogP contribution is -2.37. The SMILES string of the molecule is Cc1ccccc1S(=O)(=O)N1CCc2c(N)ncnc2C1. The summed E-state index contributed by atoms with van der Waals surface area (Å²) in [5.41, 5.74) is 8.09. The van der Waals surface area contributed by atoms with Gasteiger partial charge >= 0.3 is 0 Å². The maximum atomic E-state index is 12.8. The van der Waals surface area contributed by atoms with Gasteiger partial charge in [0.25, 0.3) is 0 Å². The van der Waals surface area contributed by atoms with Crippen LogP contribution in [0.2, 0.25) is 0 Å². The molecular weight excluding hydrogens is 288 g/mol. The Balaban J connectivity index is 1.98. The first kappa shape index (κ1) is 14.0. The summed E-state index contributed by atoms with van der Waals surface area (Å²) in [4.78, 5) is 8.46. The van der Waals surface area contributed by atoms with Gasteiger partial charge in [0.2, 0.25) is 10.0 Å². The third-order valence-electron chi connectivity index (χ3n) is 3.72. The lowest BCUT2D eigenvalue weighted by molar-refractivity contribution is 0.385. The number of hydrogen-bond donors (Lipinski definition) is 1. The van der Waals surface area contributed by atoms with E-state index in [-0.39, 0.29) is 6.54 Å². The van der Waals surface area contributed by atoms with Crippen molar-refractivity contribution in [1.29, 1.82) is 0 Å². The van der Waals surface area contributed by atoms with Crippen molar-refractivity contribution in [2.45, 2.75) is 24.8 Å². The van der Waals surface area contributed by atoms with Gasteiger partial charge in [-0.1, -0.05) is 18.2 Å². The number of aryl methyl sites for hydroxylation is 1. The fourth-order valence-electron chi connectivity index (χ4n) is 2.55. The minimum Gasteiger partial charge on any atom is -0.383 e. The number of nitrogens with two attached hydrogens (primary N) is 1. The molecule has 0 fully saturated rings. The minimum atomic E-state index is -3.52. The summed E-state index contributed by atoms with van der Waals surface area (Å²) >= 11 is 0. The van der Waals surface area contributed by atoms with Crippen LogP contribution in [0, 0.1) is 6.92 Å². The van der Waals surface area contributed by atoms with Gasteiger partial charge in [0.15, 0.2) is 0 Å². The largest absolute Gasteiger partial charge is 0.383 e. The van der Waals surface area contributed by atoms with E-state index < -0.39 is 10.0 Å². The van der Waals surface area contributed by atoms with Crippen molar-refractivity contribution in [3.8, 4) is 0 Å². The molecule has 110 valence electrons. The molecule has 0 amide bonds. The Kier molecular flexibility index (Phi) is 3.38. The Morgan fingerprint density at radius 3 is 2.76 bits per heavy atom. The maximum absolute atomic E-state index is 12.8. The van der Waals surface area contributed by atoms with E-state index in [1.54, 1.807) is 25.1 Å². The second kappa shape index (κ2) is 5.09. The second-order valence-electron chi connectivity index (χ2n) is 5.04. The number of nitrogens with zero attached hydrogens (tertiary/aromatic N) is 3. The second-order valence-corrected chi connectivity index (χ2v) is 6.94. The molecule has 0 atom stereocenters. The number of fused-ring (bicyclic) bond motifs is 1. The summed E-state index contributed by atoms with van der Waals surface area (Å²) in [6, 6.07) is 6.99. The highest BCUT2D eigenvalue weighted by Gasteiger charge is 2.30. The van der Waals surface area contributed by atoms with Crippen LogP contribution in [0.3, 0.4) is 0 Å². The Morgan fingerprint density at radius 1 is 1.24 bits per heavy atom. The first-order chi connectivity index (χ1) is 10.00. The molecule has 0 bridgehead atoms. The average Bonchev–Trinajstić information content (AvgIpc) is 2.47. The van der Waals surface area contributed by atoms with Crippen LogP contribution < -0.4 is 5.73 Å². The molecule has 0 spiro atoms. The molecule has 1 aliphatic rings. The summed E-state index contributed by atoms with van der Waals surface area (Å²) in [5.74, 6) is 0.438.